The molecule has 3 N–H and O–H groups in total. The van der Waals surface area contributed by atoms with E-state index < -0.39 is 0 Å². The fourth-order valence-corrected chi connectivity index (χ4v) is 3.90. The predicted molar refractivity (Wildman–Crippen MR) is 69.9 cm³/mol. The molecule has 0 amide bonds. The van der Waals surface area contributed by atoms with E-state index >= 15 is 0 Å². The Hall–Kier alpha value is 0.270. The molecule has 0 saturated heterocycles. The smallest absolute Gasteiger partial charge is 0.0326 e. The quantitative estimate of drug-likeness (QED) is 0.522. The first-order valence-corrected chi connectivity index (χ1v) is 7.40. The zero-order valence-corrected chi connectivity index (χ0v) is 11.0. The molecule has 0 aromatic heterocycles. The van der Waals surface area contributed by atoms with Crippen molar-refractivity contribution in [2.75, 3.05) is 5.75 Å². The Morgan fingerprint density at radius 2 is 2.07 bits per heavy atom. The van der Waals surface area contributed by atoms with Crippen LogP contribution in [0, 0.1) is 5.92 Å². The second kappa shape index (κ2) is 7.53. The lowest BCUT2D eigenvalue weighted by Gasteiger charge is -2.23. The molecule has 1 rings (SSSR count). The number of rotatable bonds is 7. The van der Waals surface area contributed by atoms with Crippen LogP contribution in [0.4, 0.5) is 0 Å². The molecule has 0 spiro atoms. The first kappa shape index (κ1) is 13.3. The lowest BCUT2D eigenvalue weighted by atomic mass is 9.99. The SMILES string of the molecule is CCCC(C)C(CSC1CCCC1)NN. The summed E-state index contributed by atoms with van der Waals surface area (Å²) in [4.78, 5) is 0. The summed E-state index contributed by atoms with van der Waals surface area (Å²) >= 11 is 2.13. The van der Waals surface area contributed by atoms with Crippen molar-refractivity contribution in [1.29, 1.82) is 0 Å². The molecule has 2 unspecified atom stereocenters. The minimum absolute atomic E-state index is 0.496. The molecule has 3 heteroatoms. The molecule has 2 nitrogen and oxygen atoms in total. The van der Waals surface area contributed by atoms with Crippen LogP contribution in [0.2, 0.25) is 0 Å². The van der Waals surface area contributed by atoms with Crippen LogP contribution in [0.15, 0.2) is 0 Å². The average Bonchev–Trinajstić information content (AvgIpc) is 2.72. The third-order valence-corrected chi connectivity index (χ3v) is 4.95. The lowest BCUT2D eigenvalue weighted by Crippen LogP contribution is -2.42. The maximum Gasteiger partial charge on any atom is 0.0326 e. The molecule has 90 valence electrons. The molecule has 0 aromatic carbocycles. The largest absolute Gasteiger partial charge is 0.271 e. The van der Waals surface area contributed by atoms with E-state index in [2.05, 4.69) is 31.0 Å². The van der Waals surface area contributed by atoms with E-state index in [1.54, 1.807) is 0 Å². The fourth-order valence-electron chi connectivity index (χ4n) is 2.33. The van der Waals surface area contributed by atoms with Gasteiger partial charge in [0.25, 0.3) is 0 Å². The summed E-state index contributed by atoms with van der Waals surface area (Å²) in [7, 11) is 0. The number of nitrogens with two attached hydrogens (primary N) is 1. The van der Waals surface area contributed by atoms with Crippen molar-refractivity contribution in [3.8, 4) is 0 Å². The summed E-state index contributed by atoms with van der Waals surface area (Å²) in [5.74, 6) is 7.51. The molecule has 1 aliphatic rings. The van der Waals surface area contributed by atoms with Crippen LogP contribution >= 0.6 is 11.8 Å². The Labute approximate surface area is 98.7 Å². The van der Waals surface area contributed by atoms with Crippen molar-refractivity contribution in [3.63, 3.8) is 0 Å². The summed E-state index contributed by atoms with van der Waals surface area (Å²) in [6.45, 7) is 4.55. The molecule has 1 saturated carbocycles. The summed E-state index contributed by atoms with van der Waals surface area (Å²) in [5.41, 5.74) is 2.99. The van der Waals surface area contributed by atoms with Crippen LogP contribution in [0.3, 0.4) is 0 Å². The maximum atomic E-state index is 5.63. The van der Waals surface area contributed by atoms with Gasteiger partial charge in [0.15, 0.2) is 0 Å². The van der Waals surface area contributed by atoms with Crippen LogP contribution in [0.1, 0.15) is 52.4 Å². The molecular weight excluding hydrogens is 204 g/mol. The Kier molecular flexibility index (Phi) is 6.69. The van der Waals surface area contributed by atoms with E-state index in [4.69, 9.17) is 5.84 Å². The van der Waals surface area contributed by atoms with Gasteiger partial charge in [-0.15, -0.1) is 0 Å². The molecule has 0 heterocycles. The second-order valence-corrected chi connectivity index (χ2v) is 6.11. The Balaban J connectivity index is 2.19. The molecular formula is C12H26N2S. The van der Waals surface area contributed by atoms with Crippen molar-refractivity contribution < 1.29 is 0 Å². The van der Waals surface area contributed by atoms with E-state index in [1.165, 1.54) is 44.3 Å². The Morgan fingerprint density at radius 1 is 1.40 bits per heavy atom. The molecule has 0 aliphatic heterocycles. The minimum Gasteiger partial charge on any atom is -0.271 e. The first-order valence-electron chi connectivity index (χ1n) is 6.35. The Morgan fingerprint density at radius 3 is 2.60 bits per heavy atom. The number of hydrogen-bond acceptors (Lipinski definition) is 3. The molecule has 1 fully saturated rings. The summed E-state index contributed by atoms with van der Waals surface area (Å²) in [5, 5.41) is 0.912. The number of nitrogens with one attached hydrogen (secondary N) is 1. The first-order chi connectivity index (χ1) is 7.27. The van der Waals surface area contributed by atoms with Gasteiger partial charge in [0.2, 0.25) is 0 Å². The molecule has 0 radical (unpaired) electrons. The highest BCUT2D eigenvalue weighted by atomic mass is 32.2. The molecule has 2 atom stereocenters. The van der Waals surface area contributed by atoms with Gasteiger partial charge in [-0.1, -0.05) is 33.1 Å². The van der Waals surface area contributed by atoms with Crippen LogP contribution in [-0.2, 0) is 0 Å². The standard InChI is InChI=1S/C12H26N2S/c1-3-6-10(2)12(14-13)9-15-11-7-4-5-8-11/h10-12,14H,3-9,13H2,1-2H3. The van der Waals surface area contributed by atoms with Gasteiger partial charge in [-0.3, -0.25) is 11.3 Å². The molecule has 0 bridgehead atoms. The maximum absolute atomic E-state index is 5.63. The van der Waals surface area contributed by atoms with Crippen LogP contribution in [0.5, 0.6) is 0 Å². The summed E-state index contributed by atoms with van der Waals surface area (Å²) in [6.07, 6.45) is 8.24. The zero-order chi connectivity index (χ0) is 11.1. The predicted octanol–water partition coefficient (Wildman–Crippen LogP) is 2.93. The lowest BCUT2D eigenvalue weighted by molar-refractivity contribution is 0.387. The van der Waals surface area contributed by atoms with Gasteiger partial charge < -0.3 is 0 Å². The van der Waals surface area contributed by atoms with Gasteiger partial charge in [0.1, 0.15) is 0 Å². The van der Waals surface area contributed by atoms with E-state index in [0.717, 1.165) is 5.25 Å². The monoisotopic (exact) mass is 230 g/mol. The minimum atomic E-state index is 0.496. The molecule has 0 aromatic rings. The van der Waals surface area contributed by atoms with Crippen molar-refractivity contribution in [2.24, 2.45) is 11.8 Å². The third-order valence-electron chi connectivity index (χ3n) is 3.46. The molecule has 15 heavy (non-hydrogen) atoms. The van der Waals surface area contributed by atoms with E-state index in [1.807, 2.05) is 0 Å². The highest BCUT2D eigenvalue weighted by molar-refractivity contribution is 7.99. The van der Waals surface area contributed by atoms with Crippen molar-refractivity contribution in [3.05, 3.63) is 0 Å². The van der Waals surface area contributed by atoms with Crippen molar-refractivity contribution in [1.82, 2.24) is 5.43 Å². The van der Waals surface area contributed by atoms with Crippen LogP contribution < -0.4 is 11.3 Å². The van der Waals surface area contributed by atoms with Gasteiger partial charge >= 0.3 is 0 Å². The van der Waals surface area contributed by atoms with E-state index in [-0.39, 0.29) is 0 Å². The van der Waals surface area contributed by atoms with E-state index in [9.17, 15) is 0 Å². The highest BCUT2D eigenvalue weighted by Gasteiger charge is 2.20. The van der Waals surface area contributed by atoms with Gasteiger partial charge in [0, 0.05) is 17.0 Å². The van der Waals surface area contributed by atoms with Crippen LogP contribution in [0.25, 0.3) is 0 Å². The normalized spacial score (nSPS) is 21.8. The van der Waals surface area contributed by atoms with Gasteiger partial charge in [-0.25, -0.2) is 0 Å². The number of hydrogen-bond donors (Lipinski definition) is 2. The Bertz CT molecular complexity index is 158. The van der Waals surface area contributed by atoms with Gasteiger partial charge in [-0.05, 0) is 25.2 Å². The topological polar surface area (TPSA) is 38.0 Å². The summed E-state index contributed by atoms with van der Waals surface area (Å²) in [6, 6.07) is 0.496. The van der Waals surface area contributed by atoms with Crippen molar-refractivity contribution in [2.45, 2.75) is 63.7 Å². The third kappa shape index (κ3) is 4.75. The van der Waals surface area contributed by atoms with E-state index in [0.29, 0.717) is 12.0 Å². The fraction of sp³-hybridized carbons (Fsp3) is 1.00. The highest BCUT2D eigenvalue weighted by Crippen LogP contribution is 2.30. The van der Waals surface area contributed by atoms with Gasteiger partial charge in [0.05, 0.1) is 0 Å². The average molecular weight is 230 g/mol. The second-order valence-electron chi connectivity index (χ2n) is 4.78. The summed E-state index contributed by atoms with van der Waals surface area (Å²) < 4.78 is 0. The van der Waals surface area contributed by atoms with Crippen LogP contribution in [-0.4, -0.2) is 17.0 Å². The van der Waals surface area contributed by atoms with Crippen molar-refractivity contribution >= 4 is 11.8 Å². The molecule has 1 aliphatic carbocycles. The zero-order valence-electron chi connectivity index (χ0n) is 10.2. The number of thioether (sulfide) groups is 1. The van der Waals surface area contributed by atoms with Gasteiger partial charge in [-0.2, -0.15) is 11.8 Å². The number of hydrazine groups is 1.